The molecular formula is C19H18BrF2N3O. The Kier molecular flexibility index (Phi) is 4.65. The molecule has 1 saturated carbocycles. The Bertz CT molecular complexity index is 808. The highest BCUT2D eigenvalue weighted by Crippen LogP contribution is 2.39. The second-order valence-corrected chi connectivity index (χ2v) is 7.66. The summed E-state index contributed by atoms with van der Waals surface area (Å²) in [5.41, 5.74) is 0.789. The summed E-state index contributed by atoms with van der Waals surface area (Å²) in [5.74, 6) is -0.753. The Hall–Kier alpha value is -2.02. The Morgan fingerprint density at radius 2 is 1.73 bits per heavy atom. The fraction of sp³-hybridized carbons (Fsp3) is 0.368. The first-order valence-corrected chi connectivity index (χ1v) is 9.47. The first-order valence-electron chi connectivity index (χ1n) is 8.67. The maximum atomic E-state index is 14.0. The van der Waals surface area contributed by atoms with E-state index in [0.717, 1.165) is 18.0 Å². The highest BCUT2D eigenvalue weighted by atomic mass is 79.9. The number of hydrogen-bond acceptors (Lipinski definition) is 3. The third-order valence-corrected chi connectivity index (χ3v) is 5.39. The van der Waals surface area contributed by atoms with E-state index in [-0.39, 0.29) is 4.47 Å². The molecule has 0 spiro atoms. The molecule has 4 rings (SSSR count). The first-order chi connectivity index (χ1) is 12.5. The Balaban J connectivity index is 1.42. The van der Waals surface area contributed by atoms with Crippen molar-refractivity contribution in [1.29, 1.82) is 0 Å². The number of halogens is 3. The smallest absolute Gasteiger partial charge is 0.259 e. The number of amides is 1. The van der Waals surface area contributed by atoms with Crippen LogP contribution in [0, 0.1) is 11.6 Å². The first kappa shape index (κ1) is 17.4. The molecule has 0 radical (unpaired) electrons. The van der Waals surface area contributed by atoms with Crippen molar-refractivity contribution >= 4 is 27.7 Å². The van der Waals surface area contributed by atoms with E-state index in [9.17, 15) is 13.6 Å². The van der Waals surface area contributed by atoms with Gasteiger partial charge in [0.15, 0.2) is 0 Å². The zero-order chi connectivity index (χ0) is 18.3. The molecule has 4 nitrogen and oxygen atoms in total. The van der Waals surface area contributed by atoms with Crippen LogP contribution in [0.1, 0.15) is 34.7 Å². The second kappa shape index (κ2) is 6.95. The Morgan fingerprint density at radius 3 is 2.27 bits per heavy atom. The van der Waals surface area contributed by atoms with Crippen molar-refractivity contribution in [1.82, 2.24) is 9.88 Å². The number of rotatable bonds is 3. The highest BCUT2D eigenvalue weighted by molar-refractivity contribution is 9.10. The van der Waals surface area contributed by atoms with Crippen LogP contribution in [0.25, 0.3) is 0 Å². The lowest BCUT2D eigenvalue weighted by Gasteiger charge is -2.35. The van der Waals surface area contributed by atoms with E-state index in [0.29, 0.717) is 32.1 Å². The van der Waals surface area contributed by atoms with Gasteiger partial charge in [0.25, 0.3) is 5.91 Å². The highest BCUT2D eigenvalue weighted by Gasteiger charge is 2.28. The summed E-state index contributed by atoms with van der Waals surface area (Å²) in [6.07, 6.45) is 4.41. The van der Waals surface area contributed by atoms with Gasteiger partial charge in [0.1, 0.15) is 23.0 Å². The van der Waals surface area contributed by atoms with E-state index < -0.39 is 23.1 Å². The molecule has 7 heteroatoms. The minimum atomic E-state index is -0.846. The van der Waals surface area contributed by atoms with Crippen LogP contribution in [0.3, 0.4) is 0 Å². The van der Waals surface area contributed by atoms with Gasteiger partial charge in [-0.1, -0.05) is 22.0 Å². The van der Waals surface area contributed by atoms with Crippen molar-refractivity contribution in [3.05, 3.63) is 57.7 Å². The summed E-state index contributed by atoms with van der Waals surface area (Å²) < 4.78 is 28.3. The molecule has 0 atom stereocenters. The summed E-state index contributed by atoms with van der Waals surface area (Å²) in [5, 5.41) is 0. The van der Waals surface area contributed by atoms with Crippen molar-refractivity contribution in [3.63, 3.8) is 0 Å². The van der Waals surface area contributed by atoms with Gasteiger partial charge in [-0.15, -0.1) is 0 Å². The molecule has 0 unspecified atom stereocenters. The van der Waals surface area contributed by atoms with Crippen molar-refractivity contribution in [2.45, 2.75) is 18.8 Å². The molecule has 136 valence electrons. The van der Waals surface area contributed by atoms with Crippen molar-refractivity contribution in [2.24, 2.45) is 0 Å². The maximum absolute atomic E-state index is 14.0. The number of carbonyl (C=O) groups excluding carboxylic acids is 1. The van der Waals surface area contributed by atoms with E-state index in [4.69, 9.17) is 0 Å². The topological polar surface area (TPSA) is 36.4 Å². The number of nitrogens with zero attached hydrogens (tertiary/aromatic N) is 3. The van der Waals surface area contributed by atoms with Gasteiger partial charge in [-0.05, 0) is 42.5 Å². The van der Waals surface area contributed by atoms with Crippen LogP contribution < -0.4 is 4.90 Å². The normalized spacial score (nSPS) is 17.5. The average molecular weight is 422 g/mol. The molecule has 1 aromatic carbocycles. The molecule has 1 aliphatic heterocycles. The minimum absolute atomic E-state index is 0.273. The molecule has 1 aliphatic carbocycles. The van der Waals surface area contributed by atoms with Gasteiger partial charge in [-0.25, -0.2) is 13.8 Å². The molecule has 26 heavy (non-hydrogen) atoms. The van der Waals surface area contributed by atoms with Gasteiger partial charge < -0.3 is 9.80 Å². The number of benzene rings is 1. The molecule has 2 fully saturated rings. The number of hydrogen-bond donors (Lipinski definition) is 0. The monoisotopic (exact) mass is 421 g/mol. The molecule has 2 aromatic rings. The molecule has 1 aromatic heterocycles. The lowest BCUT2D eigenvalue weighted by atomic mass is 10.1. The number of pyridine rings is 1. The third-order valence-electron chi connectivity index (χ3n) is 4.93. The van der Waals surface area contributed by atoms with Gasteiger partial charge in [0.2, 0.25) is 0 Å². The summed E-state index contributed by atoms with van der Waals surface area (Å²) in [7, 11) is 0. The fourth-order valence-corrected chi connectivity index (χ4v) is 3.69. The molecule has 0 N–H and O–H groups in total. The van der Waals surface area contributed by atoms with Crippen LogP contribution in [0.4, 0.5) is 14.6 Å². The van der Waals surface area contributed by atoms with Crippen LogP contribution in [0.15, 0.2) is 34.9 Å². The van der Waals surface area contributed by atoms with Gasteiger partial charge in [-0.2, -0.15) is 0 Å². The molecule has 1 saturated heterocycles. The predicted molar refractivity (Wildman–Crippen MR) is 98.4 cm³/mol. The van der Waals surface area contributed by atoms with E-state index in [1.165, 1.54) is 23.3 Å². The fourth-order valence-electron chi connectivity index (χ4n) is 3.29. The molecule has 1 amide bonds. The quantitative estimate of drug-likeness (QED) is 0.752. The van der Waals surface area contributed by atoms with Crippen molar-refractivity contribution in [2.75, 3.05) is 31.1 Å². The van der Waals surface area contributed by atoms with Gasteiger partial charge >= 0.3 is 0 Å². The molecule has 0 bridgehead atoms. The number of piperazine rings is 1. The van der Waals surface area contributed by atoms with Crippen LogP contribution in [0.2, 0.25) is 0 Å². The van der Waals surface area contributed by atoms with Crippen LogP contribution >= 0.6 is 15.9 Å². The van der Waals surface area contributed by atoms with E-state index >= 15 is 0 Å². The standard InChI is InChI=1S/C19H18BrF2N3O/c20-14-9-15(21)18(16(22)10-14)19(26)25-7-5-24(6-8-25)17-4-3-13(11-23-17)12-1-2-12/h3-4,9-12H,1-2,5-8H2. The van der Waals surface area contributed by atoms with Crippen LogP contribution in [-0.4, -0.2) is 42.0 Å². The Morgan fingerprint density at radius 1 is 1.08 bits per heavy atom. The van der Waals surface area contributed by atoms with Gasteiger partial charge in [0, 0.05) is 36.8 Å². The summed E-state index contributed by atoms with van der Waals surface area (Å²) >= 11 is 3.03. The molecule has 2 aliphatic rings. The number of carbonyl (C=O) groups is 1. The van der Waals surface area contributed by atoms with Crippen molar-refractivity contribution < 1.29 is 13.6 Å². The van der Waals surface area contributed by atoms with Crippen LogP contribution in [0.5, 0.6) is 0 Å². The average Bonchev–Trinajstić information content (AvgIpc) is 3.46. The van der Waals surface area contributed by atoms with Crippen LogP contribution in [-0.2, 0) is 0 Å². The predicted octanol–water partition coefficient (Wildman–Crippen LogP) is 3.96. The zero-order valence-corrected chi connectivity index (χ0v) is 15.7. The zero-order valence-electron chi connectivity index (χ0n) is 14.1. The summed E-state index contributed by atoms with van der Waals surface area (Å²) in [6, 6.07) is 6.35. The largest absolute Gasteiger partial charge is 0.353 e. The summed E-state index contributed by atoms with van der Waals surface area (Å²) in [4.78, 5) is 20.6. The van der Waals surface area contributed by atoms with Gasteiger partial charge in [-0.3, -0.25) is 4.79 Å². The molecule has 2 heterocycles. The maximum Gasteiger partial charge on any atom is 0.259 e. The third kappa shape index (κ3) is 3.45. The van der Waals surface area contributed by atoms with Crippen molar-refractivity contribution in [3.8, 4) is 0 Å². The minimum Gasteiger partial charge on any atom is -0.353 e. The van der Waals surface area contributed by atoms with E-state index in [1.807, 2.05) is 12.3 Å². The van der Waals surface area contributed by atoms with E-state index in [1.54, 1.807) is 0 Å². The van der Waals surface area contributed by atoms with E-state index in [2.05, 4.69) is 31.9 Å². The van der Waals surface area contributed by atoms with Gasteiger partial charge in [0.05, 0.1) is 0 Å². The number of anilines is 1. The second-order valence-electron chi connectivity index (χ2n) is 6.75. The number of aromatic nitrogens is 1. The lowest BCUT2D eigenvalue weighted by Crippen LogP contribution is -2.49. The Labute approximate surface area is 158 Å². The SMILES string of the molecule is O=C(c1c(F)cc(Br)cc1F)N1CCN(c2ccc(C3CC3)cn2)CC1. The summed E-state index contributed by atoms with van der Waals surface area (Å²) in [6.45, 7) is 1.97. The lowest BCUT2D eigenvalue weighted by molar-refractivity contribution is 0.0736. The molecular weight excluding hydrogens is 404 g/mol.